The lowest BCUT2D eigenvalue weighted by Crippen LogP contribution is -2.66. The van der Waals surface area contributed by atoms with Gasteiger partial charge < -0.3 is 20.6 Å². The van der Waals surface area contributed by atoms with Gasteiger partial charge in [0.1, 0.15) is 17.1 Å². The van der Waals surface area contributed by atoms with E-state index in [0.717, 1.165) is 23.4 Å². The monoisotopic (exact) mass is 525 g/mol. The maximum absolute atomic E-state index is 14.4. The first kappa shape index (κ1) is 26.0. The molecule has 0 unspecified atom stereocenters. The summed E-state index contributed by atoms with van der Waals surface area (Å²) < 4.78 is 14.4. The van der Waals surface area contributed by atoms with Gasteiger partial charge in [-0.2, -0.15) is 0 Å². The van der Waals surface area contributed by atoms with E-state index >= 15 is 0 Å². The Bertz CT molecular complexity index is 1370. The summed E-state index contributed by atoms with van der Waals surface area (Å²) in [6.07, 6.45) is 2.50. The lowest BCUT2D eigenvalue weighted by molar-refractivity contribution is -0.122. The normalized spacial score (nSPS) is 14.2. The van der Waals surface area contributed by atoms with E-state index in [1.54, 1.807) is 4.90 Å². The van der Waals surface area contributed by atoms with Crippen LogP contribution in [0.1, 0.15) is 51.7 Å². The summed E-state index contributed by atoms with van der Waals surface area (Å²) in [5, 5.41) is 14.1. The fourth-order valence-corrected chi connectivity index (χ4v) is 4.61. The molecule has 2 heterocycles. The summed E-state index contributed by atoms with van der Waals surface area (Å²) in [6.45, 7) is 4.45. The summed E-state index contributed by atoms with van der Waals surface area (Å²) in [4.78, 5) is 47.4. The summed E-state index contributed by atoms with van der Waals surface area (Å²) >= 11 is 5.90. The molecule has 3 N–H and O–H groups in total. The second kappa shape index (κ2) is 10.1. The highest BCUT2D eigenvalue weighted by Gasteiger charge is 2.52. The lowest BCUT2D eigenvalue weighted by Gasteiger charge is -2.50. The first-order valence-corrected chi connectivity index (χ1v) is 11.9. The molecule has 11 heteroatoms. The Morgan fingerprint density at radius 1 is 1.14 bits per heavy atom. The Labute approximate surface area is 217 Å². The van der Waals surface area contributed by atoms with E-state index < -0.39 is 29.0 Å². The molecule has 192 valence electrons. The van der Waals surface area contributed by atoms with Crippen molar-refractivity contribution in [2.45, 2.75) is 25.2 Å². The Kier molecular flexibility index (Phi) is 7.13. The van der Waals surface area contributed by atoms with Gasteiger partial charge in [-0.15, -0.1) is 0 Å². The number of hydrogen-bond donors (Lipinski definition) is 3. The van der Waals surface area contributed by atoms with Crippen LogP contribution in [0.4, 0.5) is 15.9 Å². The van der Waals surface area contributed by atoms with Crippen molar-refractivity contribution in [3.63, 3.8) is 0 Å². The number of carbonyl (C=O) groups excluding carboxylic acids is 2. The van der Waals surface area contributed by atoms with Gasteiger partial charge in [-0.05, 0) is 29.2 Å². The van der Waals surface area contributed by atoms with Gasteiger partial charge in [0.25, 0.3) is 5.91 Å². The molecule has 0 aliphatic carbocycles. The summed E-state index contributed by atoms with van der Waals surface area (Å²) in [7, 11) is 1.42. The maximum atomic E-state index is 14.4. The van der Waals surface area contributed by atoms with Crippen LogP contribution in [0.25, 0.3) is 0 Å². The fraction of sp³-hybridized carbons (Fsp3) is 0.269. The number of carboxylic acid groups (broad SMARTS) is 1. The Hall–Kier alpha value is -4.05. The van der Waals surface area contributed by atoms with Crippen LogP contribution in [0.2, 0.25) is 5.02 Å². The van der Waals surface area contributed by atoms with Crippen LogP contribution in [0.15, 0.2) is 48.8 Å². The highest BCUT2D eigenvalue weighted by atomic mass is 35.5. The molecule has 1 aliphatic rings. The van der Waals surface area contributed by atoms with Crippen molar-refractivity contribution >= 4 is 40.9 Å². The number of halogens is 2. The standard InChI is InChI=1S/C26H25ClFN5O4/c1-14(2)15-6-4-5-7-17(15)26(12-33(13-26)22-11-30-21(10-31-22)24(35)36)25(37)32-20-9-19(28)18(27)8-16(20)23(34)29-3/h4-11,14H,12-13H2,1-3H3,(H,29,34)(H,32,37)(H,35,36). The van der Waals surface area contributed by atoms with Crippen LogP contribution in [-0.2, 0) is 10.2 Å². The van der Waals surface area contributed by atoms with Gasteiger partial charge in [0.2, 0.25) is 5.91 Å². The minimum absolute atomic E-state index is 0.00305. The highest BCUT2D eigenvalue weighted by molar-refractivity contribution is 6.31. The molecule has 1 fully saturated rings. The zero-order valence-corrected chi connectivity index (χ0v) is 21.1. The van der Waals surface area contributed by atoms with E-state index in [0.29, 0.717) is 5.82 Å². The van der Waals surface area contributed by atoms with Crippen LogP contribution >= 0.6 is 11.6 Å². The number of nitrogens with one attached hydrogen (secondary N) is 2. The minimum Gasteiger partial charge on any atom is -0.476 e. The summed E-state index contributed by atoms with van der Waals surface area (Å²) in [5.74, 6) is -2.40. The zero-order valence-electron chi connectivity index (χ0n) is 20.4. The molecule has 1 aromatic heterocycles. The van der Waals surface area contributed by atoms with E-state index in [-0.39, 0.29) is 41.0 Å². The summed E-state index contributed by atoms with van der Waals surface area (Å²) in [5.41, 5.74) is 0.537. The number of carboxylic acids is 1. The van der Waals surface area contributed by atoms with Crippen molar-refractivity contribution in [2.75, 3.05) is 30.4 Å². The predicted molar refractivity (Wildman–Crippen MR) is 137 cm³/mol. The number of rotatable bonds is 7. The van der Waals surface area contributed by atoms with Gasteiger partial charge in [-0.1, -0.05) is 49.7 Å². The van der Waals surface area contributed by atoms with Crippen LogP contribution in [0.3, 0.4) is 0 Å². The summed E-state index contributed by atoms with van der Waals surface area (Å²) in [6, 6.07) is 9.78. The molecular formula is C26H25ClFN5O4. The molecule has 37 heavy (non-hydrogen) atoms. The Morgan fingerprint density at radius 2 is 1.84 bits per heavy atom. The van der Waals surface area contributed by atoms with Gasteiger partial charge in [-0.3, -0.25) is 9.59 Å². The van der Waals surface area contributed by atoms with Crippen molar-refractivity contribution in [3.8, 4) is 0 Å². The Balaban J connectivity index is 1.73. The van der Waals surface area contributed by atoms with Gasteiger partial charge in [-0.25, -0.2) is 19.2 Å². The van der Waals surface area contributed by atoms with E-state index in [1.165, 1.54) is 19.3 Å². The number of carbonyl (C=O) groups is 3. The molecule has 2 amide bonds. The SMILES string of the molecule is CNC(=O)c1cc(Cl)c(F)cc1NC(=O)C1(c2ccccc2C(C)C)CN(c2cnc(C(=O)O)cn2)C1. The van der Waals surface area contributed by atoms with Gasteiger partial charge in [0.05, 0.1) is 28.7 Å². The second-order valence-corrected chi connectivity index (χ2v) is 9.50. The Morgan fingerprint density at radius 3 is 2.43 bits per heavy atom. The zero-order chi connectivity index (χ0) is 26.9. The van der Waals surface area contributed by atoms with E-state index in [9.17, 15) is 18.8 Å². The number of aromatic nitrogens is 2. The number of hydrogen-bond acceptors (Lipinski definition) is 6. The number of nitrogens with zero attached hydrogens (tertiary/aromatic N) is 3. The third-order valence-electron chi connectivity index (χ3n) is 6.42. The smallest absolute Gasteiger partial charge is 0.356 e. The average Bonchev–Trinajstić information content (AvgIpc) is 2.85. The highest BCUT2D eigenvalue weighted by Crippen LogP contribution is 2.41. The maximum Gasteiger partial charge on any atom is 0.356 e. The molecular weight excluding hydrogens is 501 g/mol. The van der Waals surface area contributed by atoms with Crippen molar-refractivity contribution < 1.29 is 23.9 Å². The molecule has 0 spiro atoms. The largest absolute Gasteiger partial charge is 0.476 e. The number of benzene rings is 2. The topological polar surface area (TPSA) is 125 Å². The third kappa shape index (κ3) is 4.84. The van der Waals surface area contributed by atoms with Crippen LogP contribution in [0, 0.1) is 5.82 Å². The molecule has 0 saturated carbocycles. The van der Waals surface area contributed by atoms with Crippen LogP contribution < -0.4 is 15.5 Å². The molecule has 0 atom stereocenters. The first-order chi connectivity index (χ1) is 17.6. The van der Waals surface area contributed by atoms with Gasteiger partial charge >= 0.3 is 5.97 Å². The molecule has 4 rings (SSSR count). The predicted octanol–water partition coefficient (Wildman–Crippen LogP) is 3.85. The molecule has 0 radical (unpaired) electrons. The van der Waals surface area contributed by atoms with Crippen LogP contribution in [0.5, 0.6) is 0 Å². The fourth-order valence-electron chi connectivity index (χ4n) is 4.45. The molecule has 3 aromatic rings. The number of aromatic carboxylic acids is 1. The van der Waals surface area contributed by atoms with Crippen LogP contribution in [-0.4, -0.2) is 53.0 Å². The van der Waals surface area contributed by atoms with Crippen molar-refractivity contribution in [2.24, 2.45) is 0 Å². The molecule has 2 aromatic carbocycles. The van der Waals surface area contributed by atoms with Crippen molar-refractivity contribution in [3.05, 3.63) is 82.0 Å². The molecule has 0 bridgehead atoms. The number of anilines is 2. The third-order valence-corrected chi connectivity index (χ3v) is 6.71. The number of amides is 2. The second-order valence-electron chi connectivity index (χ2n) is 9.09. The molecule has 1 aliphatic heterocycles. The molecule has 9 nitrogen and oxygen atoms in total. The average molecular weight is 526 g/mol. The minimum atomic E-state index is -1.19. The van der Waals surface area contributed by atoms with Gasteiger partial charge in [0.15, 0.2) is 5.69 Å². The van der Waals surface area contributed by atoms with Gasteiger partial charge in [0, 0.05) is 20.1 Å². The van der Waals surface area contributed by atoms with E-state index in [4.69, 9.17) is 16.7 Å². The quantitative estimate of drug-likeness (QED) is 0.428. The first-order valence-electron chi connectivity index (χ1n) is 11.5. The molecule has 1 saturated heterocycles. The van der Waals surface area contributed by atoms with E-state index in [2.05, 4.69) is 20.6 Å². The van der Waals surface area contributed by atoms with Crippen molar-refractivity contribution in [1.82, 2.24) is 15.3 Å². The van der Waals surface area contributed by atoms with E-state index in [1.807, 2.05) is 38.1 Å². The van der Waals surface area contributed by atoms with Crippen molar-refractivity contribution in [1.29, 1.82) is 0 Å². The lowest BCUT2D eigenvalue weighted by atomic mass is 9.69.